The van der Waals surface area contributed by atoms with Crippen molar-refractivity contribution in [2.24, 2.45) is 0 Å². The van der Waals surface area contributed by atoms with Gasteiger partial charge in [-0.15, -0.1) is 0 Å². The zero-order valence-electron chi connectivity index (χ0n) is 17.4. The van der Waals surface area contributed by atoms with E-state index in [-0.39, 0.29) is 36.8 Å². The fraction of sp³-hybridized carbons (Fsp3) is 0.286. The summed E-state index contributed by atoms with van der Waals surface area (Å²) in [4.78, 5) is 52.8. The predicted molar refractivity (Wildman–Crippen MR) is 110 cm³/mol. The van der Waals surface area contributed by atoms with Gasteiger partial charge in [0.15, 0.2) is 12.1 Å². The largest absolute Gasteiger partial charge is 0.433 e. The highest BCUT2D eigenvalue weighted by Gasteiger charge is 2.73. The van der Waals surface area contributed by atoms with Crippen LogP contribution in [-0.2, 0) is 15.8 Å². The van der Waals surface area contributed by atoms with E-state index >= 15 is 0 Å². The molecule has 3 aliphatic heterocycles. The molecule has 2 aromatic rings. The first-order chi connectivity index (χ1) is 16.0. The second-order valence-electron chi connectivity index (χ2n) is 8.44. The molecule has 0 aliphatic carbocycles. The summed E-state index contributed by atoms with van der Waals surface area (Å²) in [5, 5.41) is 13.6. The number of non-ortho nitro benzene ring substituents is 1. The summed E-state index contributed by atoms with van der Waals surface area (Å²) in [6, 6.07) is 6.51. The first kappa shape index (κ1) is 22.0. The Morgan fingerprint density at radius 2 is 1.85 bits per heavy atom. The van der Waals surface area contributed by atoms with E-state index in [2.05, 4.69) is 5.32 Å². The molecule has 13 heteroatoms. The quantitative estimate of drug-likeness (QED) is 0.314. The smallest absolute Gasteiger partial charge is 0.321 e. The van der Waals surface area contributed by atoms with E-state index < -0.39 is 51.1 Å². The number of nitrogens with zero attached hydrogens (tertiary/aromatic N) is 4. The number of imide groups is 1. The number of hydrogen-bond acceptors (Lipinski definition) is 6. The van der Waals surface area contributed by atoms with Crippen molar-refractivity contribution < 1.29 is 37.0 Å². The molecule has 2 aromatic carbocycles. The molecule has 3 aliphatic rings. The molecule has 3 saturated heterocycles. The lowest BCUT2D eigenvalue weighted by Crippen LogP contribution is -2.63. The van der Waals surface area contributed by atoms with Crippen LogP contribution in [0.5, 0.6) is 0 Å². The van der Waals surface area contributed by atoms with Gasteiger partial charge in [-0.25, -0.2) is 14.2 Å². The number of amides is 4. The molecule has 1 N–H and O–H groups in total. The summed E-state index contributed by atoms with van der Waals surface area (Å²) >= 11 is 0. The highest BCUT2D eigenvalue weighted by Crippen LogP contribution is 2.44. The van der Waals surface area contributed by atoms with Gasteiger partial charge in [0.2, 0.25) is 0 Å². The Bertz CT molecular complexity index is 1250. The molecule has 10 nitrogen and oxygen atoms in total. The van der Waals surface area contributed by atoms with Gasteiger partial charge in [-0.05, 0) is 24.3 Å². The number of hydrogen-bond donors (Lipinski definition) is 1. The minimum Gasteiger partial charge on any atom is -0.321 e. The zero-order valence-corrected chi connectivity index (χ0v) is 17.4. The number of anilines is 2. The highest BCUT2D eigenvalue weighted by atomic mass is 19.4. The average Bonchev–Trinajstić information content (AvgIpc) is 3.42. The second-order valence-corrected chi connectivity index (χ2v) is 8.44. The van der Waals surface area contributed by atoms with Gasteiger partial charge < -0.3 is 5.32 Å². The van der Waals surface area contributed by atoms with E-state index in [1.807, 2.05) is 0 Å². The summed E-state index contributed by atoms with van der Waals surface area (Å²) in [5.41, 5.74) is -1.29. The third-order valence-electron chi connectivity index (χ3n) is 6.52. The van der Waals surface area contributed by atoms with Gasteiger partial charge >= 0.3 is 12.2 Å². The van der Waals surface area contributed by atoms with Crippen LogP contribution in [0.1, 0.15) is 5.56 Å². The van der Waals surface area contributed by atoms with Crippen molar-refractivity contribution >= 4 is 34.9 Å². The van der Waals surface area contributed by atoms with Crippen LogP contribution >= 0.6 is 0 Å². The summed E-state index contributed by atoms with van der Waals surface area (Å²) in [6.45, 7) is 0.422. The minimum absolute atomic E-state index is 0.0672. The molecule has 1 spiro atoms. The third-order valence-corrected chi connectivity index (χ3v) is 6.52. The van der Waals surface area contributed by atoms with Crippen LogP contribution in [-0.4, -0.2) is 64.0 Å². The minimum atomic E-state index is -4.66. The first-order valence-corrected chi connectivity index (χ1v) is 10.2. The summed E-state index contributed by atoms with van der Waals surface area (Å²) in [5.74, 6) is -1.28. The lowest BCUT2D eigenvalue weighted by Gasteiger charge is -2.32. The Morgan fingerprint density at radius 3 is 2.56 bits per heavy atom. The maximum Gasteiger partial charge on any atom is 0.433 e. The number of halogens is 3. The van der Waals surface area contributed by atoms with Crippen molar-refractivity contribution in [3.63, 3.8) is 0 Å². The number of quaternary nitrogens is 1. The molecule has 34 heavy (non-hydrogen) atoms. The molecule has 5 rings (SSSR count). The van der Waals surface area contributed by atoms with Gasteiger partial charge in [0.05, 0.1) is 29.3 Å². The molecule has 3 fully saturated rings. The molecule has 4 unspecified atom stereocenters. The van der Waals surface area contributed by atoms with Crippen molar-refractivity contribution in [1.29, 1.82) is 0 Å². The van der Waals surface area contributed by atoms with E-state index in [0.29, 0.717) is 0 Å². The molecule has 2 bridgehead atoms. The molecule has 4 amide bonds. The maximum absolute atomic E-state index is 13.5. The van der Waals surface area contributed by atoms with Crippen LogP contribution in [0, 0.1) is 10.1 Å². The topological polar surface area (TPSA) is 113 Å². The van der Waals surface area contributed by atoms with E-state index in [1.54, 1.807) is 4.90 Å². The number of fused-ring (bicyclic) bond motifs is 1. The molecule has 0 saturated carbocycles. The number of carbonyl (C=O) groups excluding carboxylic acids is 3. The third kappa shape index (κ3) is 3.15. The zero-order chi connectivity index (χ0) is 24.4. The van der Waals surface area contributed by atoms with Gasteiger partial charge in [-0.1, -0.05) is 12.1 Å². The highest BCUT2D eigenvalue weighted by molar-refractivity contribution is 6.19. The fourth-order valence-electron chi connectivity index (χ4n) is 5.02. The lowest BCUT2D eigenvalue weighted by atomic mass is 10.1. The monoisotopic (exact) mass is 476 g/mol. The maximum atomic E-state index is 13.5. The van der Waals surface area contributed by atoms with E-state index in [1.165, 1.54) is 30.3 Å². The van der Waals surface area contributed by atoms with Gasteiger partial charge in [0.25, 0.3) is 17.5 Å². The van der Waals surface area contributed by atoms with Crippen molar-refractivity contribution in [3.8, 4) is 0 Å². The van der Waals surface area contributed by atoms with Gasteiger partial charge in [0.1, 0.15) is 6.67 Å². The van der Waals surface area contributed by atoms with E-state index in [0.717, 1.165) is 23.1 Å². The normalized spacial score (nSPS) is 27.7. The number of nitro groups is 1. The van der Waals surface area contributed by atoms with Crippen molar-refractivity contribution in [1.82, 2.24) is 4.90 Å². The first-order valence-electron chi connectivity index (χ1n) is 10.2. The van der Waals surface area contributed by atoms with Crippen LogP contribution in [0.25, 0.3) is 0 Å². The summed E-state index contributed by atoms with van der Waals surface area (Å²) < 4.78 is 39.0. The van der Waals surface area contributed by atoms with Crippen LogP contribution in [0.3, 0.4) is 0 Å². The van der Waals surface area contributed by atoms with E-state index in [4.69, 9.17) is 0 Å². The van der Waals surface area contributed by atoms with Crippen molar-refractivity contribution in [2.75, 3.05) is 30.0 Å². The summed E-state index contributed by atoms with van der Waals surface area (Å²) in [6.07, 6.45) is -4.66. The number of nitrogens with one attached hydrogen (secondary N) is 1. The van der Waals surface area contributed by atoms with Gasteiger partial charge in [-0.3, -0.25) is 19.7 Å². The summed E-state index contributed by atoms with van der Waals surface area (Å²) in [7, 11) is 0. The number of urea groups is 1. The van der Waals surface area contributed by atoms with E-state index in [9.17, 15) is 37.7 Å². The number of benzene rings is 2. The van der Waals surface area contributed by atoms with Crippen LogP contribution in [0.15, 0.2) is 48.5 Å². The van der Waals surface area contributed by atoms with Gasteiger partial charge in [-0.2, -0.15) is 18.1 Å². The second kappa shape index (κ2) is 7.33. The fourth-order valence-corrected chi connectivity index (χ4v) is 5.02. The van der Waals surface area contributed by atoms with Gasteiger partial charge in [0, 0.05) is 17.8 Å². The molecule has 0 aromatic heterocycles. The number of carbonyl (C=O) groups is 3. The van der Waals surface area contributed by atoms with Crippen LogP contribution in [0.4, 0.5) is 35.0 Å². The standard InChI is InChI=1S/C21H16F3N5O5/c22-21(23,24)12-3-1-5-14(7-12)27-19(31)17-10-26-9-16(29(17,11-26)20(27)32)18(30)25-13-4-2-6-15(8-13)28(33)34/h1-8,16-17H,9-11H2/p+1. The Kier molecular flexibility index (Phi) is 4.74. The Balaban J connectivity index is 1.46. The molecule has 3 heterocycles. The molecule has 4 atom stereocenters. The van der Waals surface area contributed by atoms with Crippen LogP contribution in [0.2, 0.25) is 0 Å². The molecular formula is C21H17F3N5O5+. The molecule has 0 radical (unpaired) electrons. The lowest BCUT2D eigenvalue weighted by molar-refractivity contribution is -0.852. The Hall–Kier alpha value is -3.84. The molecule has 176 valence electrons. The Morgan fingerprint density at radius 1 is 1.12 bits per heavy atom. The number of piperazine rings is 1. The van der Waals surface area contributed by atoms with Crippen LogP contribution < -0.4 is 10.2 Å². The number of rotatable bonds is 4. The van der Waals surface area contributed by atoms with Crippen molar-refractivity contribution in [2.45, 2.75) is 18.3 Å². The SMILES string of the molecule is O=C(Nc1cccc([N+](=O)[O-])c1)C1CN2CC3C(=O)N(c4cccc(C(F)(F)F)c4)C(=O)[N+]13C2. The number of alkyl halides is 3. The number of nitro benzene ring substituents is 1. The Labute approximate surface area is 189 Å². The average molecular weight is 476 g/mol. The molecular weight excluding hydrogens is 459 g/mol. The van der Waals surface area contributed by atoms with Crippen molar-refractivity contribution in [3.05, 3.63) is 64.2 Å². The predicted octanol–water partition coefficient (Wildman–Crippen LogP) is 2.56.